The Morgan fingerprint density at radius 2 is 1.73 bits per heavy atom. The van der Waals surface area contributed by atoms with Crippen LogP contribution in [0.4, 0.5) is 5.69 Å². The van der Waals surface area contributed by atoms with Gasteiger partial charge >= 0.3 is 0 Å². The summed E-state index contributed by atoms with van der Waals surface area (Å²) in [6.07, 6.45) is 2.67. The summed E-state index contributed by atoms with van der Waals surface area (Å²) in [5.74, 6) is -0.00106. The van der Waals surface area contributed by atoms with Crippen molar-refractivity contribution in [2.24, 2.45) is 0 Å². The molecule has 8 nitrogen and oxygen atoms in total. The van der Waals surface area contributed by atoms with Gasteiger partial charge in [0.15, 0.2) is 0 Å². The van der Waals surface area contributed by atoms with Gasteiger partial charge in [0.1, 0.15) is 11.8 Å². The molecule has 0 radical (unpaired) electrons. The highest BCUT2D eigenvalue weighted by Gasteiger charge is 2.29. The monoisotopic (exact) mass is 551 g/mol. The van der Waals surface area contributed by atoms with Gasteiger partial charge in [-0.2, -0.15) is 0 Å². The summed E-state index contributed by atoms with van der Waals surface area (Å²) in [7, 11) is -3.63. The van der Waals surface area contributed by atoms with Crippen LogP contribution < -0.4 is 14.4 Å². The molecule has 0 aliphatic heterocycles. The molecule has 0 aliphatic rings. The van der Waals surface area contributed by atoms with Crippen molar-refractivity contribution in [2.45, 2.75) is 59.0 Å². The maximum Gasteiger partial charge on any atom is 0.242 e. The Balaban J connectivity index is 2.25. The van der Waals surface area contributed by atoms with Gasteiger partial charge in [-0.1, -0.05) is 55.8 Å². The van der Waals surface area contributed by atoms with Gasteiger partial charge in [0.2, 0.25) is 21.8 Å². The first-order valence-corrected chi connectivity index (χ1v) is 14.9. The summed E-state index contributed by atoms with van der Waals surface area (Å²) in [4.78, 5) is 27.9. The van der Waals surface area contributed by atoms with Crippen LogP contribution in [-0.2, 0) is 26.2 Å². The molecule has 1 N–H and O–H groups in total. The summed E-state index contributed by atoms with van der Waals surface area (Å²) >= 11 is 6.36. The second-order valence-corrected chi connectivity index (χ2v) is 11.0. The highest BCUT2D eigenvalue weighted by molar-refractivity contribution is 7.92. The second-order valence-electron chi connectivity index (χ2n) is 8.67. The minimum absolute atomic E-state index is 0.0603. The van der Waals surface area contributed by atoms with Crippen LogP contribution in [0.25, 0.3) is 0 Å². The molecule has 1 unspecified atom stereocenters. The molecule has 0 aliphatic carbocycles. The number of hydrogen-bond donors (Lipinski definition) is 1. The number of sulfonamides is 1. The fourth-order valence-corrected chi connectivity index (χ4v) is 5.18. The number of amides is 2. The predicted octanol–water partition coefficient (Wildman–Crippen LogP) is 4.62. The Kier molecular flexibility index (Phi) is 12.2. The largest absolute Gasteiger partial charge is 0.492 e. The third-order valence-electron chi connectivity index (χ3n) is 5.82. The van der Waals surface area contributed by atoms with E-state index >= 15 is 0 Å². The molecule has 10 heteroatoms. The van der Waals surface area contributed by atoms with E-state index in [1.54, 1.807) is 35.2 Å². The third kappa shape index (κ3) is 8.93. The first-order chi connectivity index (χ1) is 17.6. The Morgan fingerprint density at radius 1 is 1.05 bits per heavy atom. The molecular weight excluding hydrogens is 514 g/mol. The molecule has 0 fully saturated rings. The van der Waals surface area contributed by atoms with Crippen molar-refractivity contribution >= 4 is 39.1 Å². The third-order valence-corrected chi connectivity index (χ3v) is 7.37. The van der Waals surface area contributed by atoms with E-state index in [0.29, 0.717) is 36.0 Å². The van der Waals surface area contributed by atoms with Crippen LogP contribution >= 0.6 is 11.6 Å². The molecule has 0 saturated carbocycles. The van der Waals surface area contributed by atoms with Crippen molar-refractivity contribution in [1.82, 2.24) is 10.2 Å². The molecule has 204 valence electrons. The van der Waals surface area contributed by atoms with Crippen LogP contribution in [0.3, 0.4) is 0 Å². The molecule has 2 aromatic carbocycles. The van der Waals surface area contributed by atoms with E-state index in [0.717, 1.165) is 18.2 Å². The molecule has 37 heavy (non-hydrogen) atoms. The lowest BCUT2D eigenvalue weighted by Crippen LogP contribution is -2.49. The number of ether oxygens (including phenoxy) is 1. The summed E-state index contributed by atoms with van der Waals surface area (Å²) in [6.45, 7) is 6.83. The number of carbonyl (C=O) groups excluding carboxylic acids is 2. The van der Waals surface area contributed by atoms with Crippen molar-refractivity contribution in [3.8, 4) is 5.75 Å². The smallest absolute Gasteiger partial charge is 0.242 e. The van der Waals surface area contributed by atoms with Gasteiger partial charge in [-0.15, -0.1) is 0 Å². The summed E-state index contributed by atoms with van der Waals surface area (Å²) in [6, 6.07) is 13.5. The van der Waals surface area contributed by atoms with Gasteiger partial charge in [-0.3, -0.25) is 13.9 Å². The average molecular weight is 552 g/mol. The normalized spacial score (nSPS) is 12.0. The quantitative estimate of drug-likeness (QED) is 0.348. The molecular formula is C27H38ClN3O5S. The highest BCUT2D eigenvalue weighted by Crippen LogP contribution is 2.30. The van der Waals surface area contributed by atoms with E-state index in [1.807, 2.05) is 39.0 Å². The number of anilines is 1. The molecule has 0 aromatic heterocycles. The summed E-state index contributed by atoms with van der Waals surface area (Å²) < 4.78 is 32.1. The molecule has 0 bridgehead atoms. The summed E-state index contributed by atoms with van der Waals surface area (Å²) in [5, 5.41) is 3.40. The zero-order valence-electron chi connectivity index (χ0n) is 22.1. The van der Waals surface area contributed by atoms with Gasteiger partial charge in [0, 0.05) is 31.1 Å². The lowest BCUT2D eigenvalue weighted by molar-refractivity contribution is -0.141. The number of benzene rings is 2. The molecule has 0 saturated heterocycles. The van der Waals surface area contributed by atoms with Crippen LogP contribution in [0.1, 0.15) is 52.0 Å². The van der Waals surface area contributed by atoms with Crippen LogP contribution in [0, 0.1) is 0 Å². The number of carbonyl (C=O) groups is 2. The van der Waals surface area contributed by atoms with E-state index in [1.165, 1.54) is 4.31 Å². The van der Waals surface area contributed by atoms with Gasteiger partial charge in [-0.05, 0) is 49.9 Å². The lowest BCUT2D eigenvalue weighted by Gasteiger charge is -2.31. The van der Waals surface area contributed by atoms with E-state index in [4.69, 9.17) is 16.3 Å². The molecule has 0 spiro atoms. The first kappa shape index (κ1) is 30.4. The lowest BCUT2D eigenvalue weighted by atomic mass is 10.1. The van der Waals surface area contributed by atoms with Crippen molar-refractivity contribution in [2.75, 3.05) is 30.3 Å². The van der Waals surface area contributed by atoms with Crippen LogP contribution in [0.15, 0.2) is 48.5 Å². The van der Waals surface area contributed by atoms with Gasteiger partial charge in [0.25, 0.3) is 0 Å². The zero-order chi connectivity index (χ0) is 27.4. The SMILES string of the molecule is CCCNC(=O)C(CC)N(Cc1ccccc1Cl)C(=O)CCCN(c1ccccc1OCC)S(C)(=O)=O. The standard InChI is InChI=1S/C27H38ClN3O5S/c1-5-18-29-27(33)23(6-2)30(20-21-13-8-9-14-22(21)28)26(32)17-12-19-31(37(4,34)35)24-15-10-11-16-25(24)36-7-3/h8-11,13-16,23H,5-7,12,17-20H2,1-4H3,(H,29,33). The number of nitrogens with zero attached hydrogens (tertiary/aromatic N) is 2. The van der Waals surface area contributed by atoms with Gasteiger partial charge < -0.3 is 15.0 Å². The molecule has 2 amide bonds. The minimum atomic E-state index is -3.63. The summed E-state index contributed by atoms with van der Waals surface area (Å²) in [5.41, 5.74) is 1.17. The molecule has 0 heterocycles. The Bertz CT molecular complexity index is 1140. The first-order valence-electron chi connectivity index (χ1n) is 12.6. The van der Waals surface area contributed by atoms with E-state index in [2.05, 4.69) is 5.32 Å². The van der Waals surface area contributed by atoms with E-state index in [9.17, 15) is 18.0 Å². The maximum atomic E-state index is 13.5. The average Bonchev–Trinajstić information content (AvgIpc) is 2.86. The number of nitrogens with one attached hydrogen (secondary N) is 1. The topological polar surface area (TPSA) is 96.0 Å². The number of halogens is 1. The second kappa shape index (κ2) is 14.8. The fraction of sp³-hybridized carbons (Fsp3) is 0.481. The molecule has 2 rings (SSSR count). The van der Waals surface area contributed by atoms with Crippen molar-refractivity contribution < 1.29 is 22.7 Å². The highest BCUT2D eigenvalue weighted by atomic mass is 35.5. The molecule has 2 aromatic rings. The zero-order valence-corrected chi connectivity index (χ0v) is 23.6. The van der Waals surface area contributed by atoms with Gasteiger partial charge in [0.05, 0.1) is 18.6 Å². The maximum absolute atomic E-state index is 13.5. The van der Waals surface area contributed by atoms with Crippen LogP contribution in [-0.4, -0.2) is 57.1 Å². The van der Waals surface area contributed by atoms with Crippen LogP contribution in [0.5, 0.6) is 5.75 Å². The fourth-order valence-electron chi connectivity index (χ4n) is 4.02. The van der Waals surface area contributed by atoms with Crippen molar-refractivity contribution in [3.05, 3.63) is 59.1 Å². The van der Waals surface area contributed by atoms with Crippen molar-refractivity contribution in [1.29, 1.82) is 0 Å². The number of para-hydroxylation sites is 2. The van der Waals surface area contributed by atoms with Crippen LogP contribution in [0.2, 0.25) is 5.02 Å². The van der Waals surface area contributed by atoms with Crippen molar-refractivity contribution in [3.63, 3.8) is 0 Å². The predicted molar refractivity (Wildman–Crippen MR) is 148 cm³/mol. The Labute approximate surface area is 226 Å². The van der Waals surface area contributed by atoms with Gasteiger partial charge in [-0.25, -0.2) is 8.42 Å². The molecule has 1 atom stereocenters. The Hall–Kier alpha value is -2.78. The Morgan fingerprint density at radius 3 is 2.35 bits per heavy atom. The number of rotatable bonds is 15. The van der Waals surface area contributed by atoms with E-state index < -0.39 is 16.1 Å². The number of hydrogen-bond acceptors (Lipinski definition) is 5. The minimum Gasteiger partial charge on any atom is -0.492 e. The van der Waals surface area contributed by atoms with E-state index in [-0.39, 0.29) is 37.7 Å².